The number of aromatic amines is 1. The number of carbonyl (C=O) groups is 1. The summed E-state index contributed by atoms with van der Waals surface area (Å²) in [6, 6.07) is 7.26. The Morgan fingerprint density at radius 2 is 2.11 bits per heavy atom. The molecule has 8 heteroatoms. The lowest BCUT2D eigenvalue weighted by Gasteiger charge is -2.29. The minimum atomic E-state index is -0.661. The third kappa shape index (κ3) is 3.56. The van der Waals surface area contributed by atoms with E-state index in [0.717, 1.165) is 16.8 Å². The lowest BCUT2D eigenvalue weighted by Crippen LogP contribution is -2.37. The quantitative estimate of drug-likeness (QED) is 0.675. The average Bonchev–Trinajstić information content (AvgIpc) is 3.14. The molecule has 0 aliphatic carbocycles. The van der Waals surface area contributed by atoms with Crippen LogP contribution >= 0.6 is 11.6 Å². The van der Waals surface area contributed by atoms with Crippen LogP contribution in [0, 0.1) is 0 Å². The van der Waals surface area contributed by atoms with Crippen molar-refractivity contribution in [3.8, 4) is 11.3 Å². The summed E-state index contributed by atoms with van der Waals surface area (Å²) in [6.07, 6.45) is 5.75. The maximum absolute atomic E-state index is 12.8. The number of pyridine rings is 2. The number of nitrogens with zero attached hydrogens (tertiary/aromatic N) is 4. The van der Waals surface area contributed by atoms with Crippen molar-refractivity contribution in [2.45, 2.75) is 25.4 Å². The third-order valence-electron chi connectivity index (χ3n) is 4.69. The zero-order chi connectivity index (χ0) is 18.8. The minimum Gasteiger partial charge on any atom is -0.388 e. The fourth-order valence-corrected chi connectivity index (χ4v) is 3.40. The number of aliphatic hydroxyl groups excluding tert-OH is 1. The SMILES string of the molecule is O=C(CCc1ccc(Cl)nc1)N1CCC(O)c2c1n[nH]c2-c1ccncc1. The third-order valence-corrected chi connectivity index (χ3v) is 4.91. The summed E-state index contributed by atoms with van der Waals surface area (Å²) < 4.78 is 0. The highest BCUT2D eigenvalue weighted by molar-refractivity contribution is 6.29. The van der Waals surface area contributed by atoms with Gasteiger partial charge in [-0.25, -0.2) is 4.98 Å². The van der Waals surface area contributed by atoms with Gasteiger partial charge in [-0.2, -0.15) is 5.10 Å². The van der Waals surface area contributed by atoms with Crippen molar-refractivity contribution in [1.82, 2.24) is 20.2 Å². The Hall–Kier alpha value is -2.77. The zero-order valence-corrected chi connectivity index (χ0v) is 15.2. The van der Waals surface area contributed by atoms with Crippen LogP contribution in [-0.4, -0.2) is 37.7 Å². The number of aromatic nitrogens is 4. The Kier molecular flexibility index (Phi) is 4.87. The maximum Gasteiger partial charge on any atom is 0.228 e. The first-order valence-corrected chi connectivity index (χ1v) is 9.09. The number of amides is 1. The van der Waals surface area contributed by atoms with Gasteiger partial charge in [-0.05, 0) is 36.6 Å². The van der Waals surface area contributed by atoms with Gasteiger partial charge in [0.05, 0.1) is 17.4 Å². The molecule has 0 bridgehead atoms. The van der Waals surface area contributed by atoms with Gasteiger partial charge in [0.2, 0.25) is 5.91 Å². The van der Waals surface area contributed by atoms with Gasteiger partial charge in [0, 0.05) is 37.1 Å². The smallest absolute Gasteiger partial charge is 0.228 e. The number of H-pyrrole nitrogens is 1. The first-order valence-electron chi connectivity index (χ1n) is 8.71. The summed E-state index contributed by atoms with van der Waals surface area (Å²) in [5.41, 5.74) is 3.21. The molecule has 138 valence electrons. The van der Waals surface area contributed by atoms with E-state index < -0.39 is 6.10 Å². The predicted molar refractivity (Wildman–Crippen MR) is 101 cm³/mol. The van der Waals surface area contributed by atoms with E-state index in [9.17, 15) is 9.90 Å². The minimum absolute atomic E-state index is 0.0362. The van der Waals surface area contributed by atoms with E-state index in [1.54, 1.807) is 29.6 Å². The molecule has 27 heavy (non-hydrogen) atoms. The Morgan fingerprint density at radius 3 is 2.85 bits per heavy atom. The van der Waals surface area contributed by atoms with Crippen molar-refractivity contribution in [3.63, 3.8) is 0 Å². The molecule has 0 saturated carbocycles. The molecule has 3 aromatic heterocycles. The molecular formula is C19H18ClN5O2. The second-order valence-corrected chi connectivity index (χ2v) is 6.80. The zero-order valence-electron chi connectivity index (χ0n) is 14.5. The predicted octanol–water partition coefficient (Wildman–Crippen LogP) is 2.92. The van der Waals surface area contributed by atoms with Gasteiger partial charge in [-0.1, -0.05) is 17.7 Å². The summed E-state index contributed by atoms with van der Waals surface area (Å²) in [5.74, 6) is 0.464. The van der Waals surface area contributed by atoms with Crippen LogP contribution in [-0.2, 0) is 11.2 Å². The summed E-state index contributed by atoms with van der Waals surface area (Å²) in [4.78, 5) is 22.5. The monoisotopic (exact) mass is 383 g/mol. The lowest BCUT2D eigenvalue weighted by molar-refractivity contribution is -0.118. The van der Waals surface area contributed by atoms with Gasteiger partial charge in [0.1, 0.15) is 5.15 Å². The number of hydrogen-bond acceptors (Lipinski definition) is 5. The number of carbonyl (C=O) groups excluding carboxylic acids is 1. The van der Waals surface area contributed by atoms with E-state index in [1.807, 2.05) is 18.2 Å². The van der Waals surface area contributed by atoms with Crippen molar-refractivity contribution in [3.05, 3.63) is 59.1 Å². The molecule has 3 aromatic rings. The van der Waals surface area contributed by atoms with E-state index in [1.165, 1.54) is 0 Å². The van der Waals surface area contributed by atoms with Gasteiger partial charge < -0.3 is 5.11 Å². The molecule has 7 nitrogen and oxygen atoms in total. The van der Waals surface area contributed by atoms with Gasteiger partial charge in [-0.3, -0.25) is 19.8 Å². The van der Waals surface area contributed by atoms with Gasteiger partial charge in [-0.15, -0.1) is 0 Å². The lowest BCUT2D eigenvalue weighted by atomic mass is 9.98. The molecule has 0 fully saturated rings. The average molecular weight is 384 g/mol. The number of aliphatic hydroxyl groups is 1. The van der Waals surface area contributed by atoms with Crippen molar-refractivity contribution in [2.75, 3.05) is 11.4 Å². The van der Waals surface area contributed by atoms with Crippen LogP contribution in [0.15, 0.2) is 42.9 Å². The number of halogens is 1. The van der Waals surface area contributed by atoms with Crippen LogP contribution in [0.25, 0.3) is 11.3 Å². The molecular weight excluding hydrogens is 366 g/mol. The highest BCUT2D eigenvalue weighted by Gasteiger charge is 2.32. The van der Waals surface area contributed by atoms with Crippen molar-refractivity contribution in [1.29, 1.82) is 0 Å². The molecule has 0 radical (unpaired) electrons. The van der Waals surface area contributed by atoms with Crippen molar-refractivity contribution < 1.29 is 9.90 Å². The molecule has 1 atom stereocenters. The van der Waals surface area contributed by atoms with Crippen LogP contribution in [0.5, 0.6) is 0 Å². The van der Waals surface area contributed by atoms with E-state index in [2.05, 4.69) is 20.2 Å². The highest BCUT2D eigenvalue weighted by atomic mass is 35.5. The van der Waals surface area contributed by atoms with Gasteiger partial charge in [0.15, 0.2) is 5.82 Å². The van der Waals surface area contributed by atoms with Crippen LogP contribution in [0.2, 0.25) is 5.15 Å². The van der Waals surface area contributed by atoms with E-state index >= 15 is 0 Å². The summed E-state index contributed by atoms with van der Waals surface area (Å²) in [7, 11) is 0. The number of rotatable bonds is 4. The largest absolute Gasteiger partial charge is 0.388 e. The summed E-state index contributed by atoms with van der Waals surface area (Å²) >= 11 is 5.79. The number of anilines is 1. The standard InChI is InChI=1S/C19H18ClN5O2/c20-15-3-1-12(11-22-15)2-4-16(27)25-10-7-14(26)17-18(23-24-19(17)25)13-5-8-21-9-6-13/h1,3,5-6,8-9,11,14,26H,2,4,7,10H2,(H,23,24). The number of nitrogens with one attached hydrogen (secondary N) is 1. The molecule has 4 heterocycles. The molecule has 0 saturated heterocycles. The van der Waals surface area contributed by atoms with Crippen LogP contribution < -0.4 is 4.90 Å². The molecule has 1 aliphatic rings. The van der Waals surface area contributed by atoms with Gasteiger partial charge in [0.25, 0.3) is 0 Å². The Labute approximate surface area is 161 Å². The van der Waals surface area contributed by atoms with Crippen molar-refractivity contribution in [2.24, 2.45) is 0 Å². The normalized spacial score (nSPS) is 16.2. The summed E-state index contributed by atoms with van der Waals surface area (Å²) in [6.45, 7) is 0.437. The number of aryl methyl sites for hydroxylation is 1. The molecule has 2 N–H and O–H groups in total. The highest BCUT2D eigenvalue weighted by Crippen LogP contribution is 2.39. The molecule has 0 spiro atoms. The molecule has 1 aliphatic heterocycles. The second kappa shape index (κ2) is 7.46. The topological polar surface area (TPSA) is 95.0 Å². The van der Waals surface area contributed by atoms with Crippen LogP contribution in [0.3, 0.4) is 0 Å². The van der Waals surface area contributed by atoms with Crippen LogP contribution in [0.1, 0.15) is 30.1 Å². The van der Waals surface area contributed by atoms with E-state index in [-0.39, 0.29) is 5.91 Å². The fourth-order valence-electron chi connectivity index (χ4n) is 3.29. The van der Waals surface area contributed by atoms with Crippen LogP contribution in [0.4, 0.5) is 5.82 Å². The first kappa shape index (κ1) is 17.6. The maximum atomic E-state index is 12.8. The van der Waals surface area contributed by atoms with Gasteiger partial charge >= 0.3 is 0 Å². The molecule has 0 aromatic carbocycles. The molecule has 1 amide bonds. The van der Waals surface area contributed by atoms with E-state index in [0.29, 0.717) is 42.3 Å². The van der Waals surface area contributed by atoms with E-state index in [4.69, 9.17) is 11.6 Å². The Morgan fingerprint density at radius 1 is 1.30 bits per heavy atom. The Balaban J connectivity index is 1.55. The summed E-state index contributed by atoms with van der Waals surface area (Å²) in [5, 5.41) is 18.2. The number of fused-ring (bicyclic) bond motifs is 1. The molecule has 4 rings (SSSR count). The molecule has 1 unspecified atom stereocenters. The Bertz CT molecular complexity index is 942. The van der Waals surface area contributed by atoms with Crippen molar-refractivity contribution >= 4 is 23.3 Å². The fraction of sp³-hybridized carbons (Fsp3) is 0.263. The second-order valence-electron chi connectivity index (χ2n) is 6.41. The first-order chi connectivity index (χ1) is 13.1. The number of hydrogen-bond donors (Lipinski definition) is 2.